The van der Waals surface area contributed by atoms with E-state index in [4.69, 9.17) is 0 Å². The molecule has 1 saturated heterocycles. The molecule has 0 bridgehead atoms. The minimum absolute atomic E-state index is 0.242. The first-order chi connectivity index (χ1) is 11.0. The number of aromatic nitrogens is 2. The zero-order chi connectivity index (χ0) is 16.6. The summed E-state index contributed by atoms with van der Waals surface area (Å²) in [7, 11) is 1.71. The molecule has 1 aromatic carbocycles. The third-order valence-corrected chi connectivity index (χ3v) is 4.63. The largest absolute Gasteiger partial charge is 0.350 e. The molecule has 3 rings (SSSR count). The van der Waals surface area contributed by atoms with Crippen molar-refractivity contribution in [3.05, 3.63) is 34.2 Å². The van der Waals surface area contributed by atoms with Crippen LogP contribution in [0.4, 0.5) is 5.82 Å². The van der Waals surface area contributed by atoms with Crippen LogP contribution in [0.5, 0.6) is 0 Å². The Morgan fingerprint density at radius 2 is 2.26 bits per heavy atom. The second-order valence-corrected chi connectivity index (χ2v) is 6.14. The van der Waals surface area contributed by atoms with Crippen LogP contribution >= 0.6 is 0 Å². The summed E-state index contributed by atoms with van der Waals surface area (Å²) >= 11 is 0. The lowest BCUT2D eigenvalue weighted by Gasteiger charge is -2.39. The average molecular weight is 311 g/mol. The van der Waals surface area contributed by atoms with Gasteiger partial charge in [0.2, 0.25) is 0 Å². The molecule has 1 aromatic heterocycles. The smallest absolute Gasteiger partial charge is 0.349 e. The standard InChI is InChI=1S/C17H21N5O/c1-4-13-10-22(11(2)9-19-13)16-14-7-12(8-18)5-6-15(14)21(3)17(23)20-16/h5-7,11,13,19H,4,9-10H2,1-3H3/t11-,13+/m0/s1. The van der Waals surface area contributed by atoms with Gasteiger partial charge in [-0.1, -0.05) is 6.92 Å². The third kappa shape index (κ3) is 2.68. The van der Waals surface area contributed by atoms with Crippen molar-refractivity contribution < 1.29 is 0 Å². The monoisotopic (exact) mass is 311 g/mol. The lowest BCUT2D eigenvalue weighted by atomic mass is 10.1. The molecule has 0 saturated carbocycles. The highest BCUT2D eigenvalue weighted by molar-refractivity contribution is 5.91. The number of piperazine rings is 1. The quantitative estimate of drug-likeness (QED) is 0.907. The molecule has 1 aliphatic rings. The fraction of sp³-hybridized carbons (Fsp3) is 0.471. The Balaban J connectivity index is 2.21. The van der Waals surface area contributed by atoms with Gasteiger partial charge in [-0.15, -0.1) is 0 Å². The van der Waals surface area contributed by atoms with E-state index in [1.54, 1.807) is 13.1 Å². The van der Waals surface area contributed by atoms with Gasteiger partial charge in [-0.3, -0.25) is 4.57 Å². The number of hydrogen-bond donors (Lipinski definition) is 1. The number of anilines is 1. The third-order valence-electron chi connectivity index (χ3n) is 4.63. The first-order valence-corrected chi connectivity index (χ1v) is 7.96. The van der Waals surface area contributed by atoms with Gasteiger partial charge in [0.25, 0.3) is 0 Å². The van der Waals surface area contributed by atoms with Gasteiger partial charge in [0, 0.05) is 37.6 Å². The lowest BCUT2D eigenvalue weighted by Crippen LogP contribution is -2.56. The Morgan fingerprint density at radius 3 is 2.96 bits per heavy atom. The van der Waals surface area contributed by atoms with Gasteiger partial charge in [0.05, 0.1) is 17.1 Å². The molecule has 0 unspecified atom stereocenters. The van der Waals surface area contributed by atoms with Crippen LogP contribution in [0.2, 0.25) is 0 Å². The van der Waals surface area contributed by atoms with E-state index in [0.717, 1.165) is 30.4 Å². The van der Waals surface area contributed by atoms with Crippen molar-refractivity contribution in [2.45, 2.75) is 32.4 Å². The summed E-state index contributed by atoms with van der Waals surface area (Å²) in [6, 6.07) is 8.18. The van der Waals surface area contributed by atoms with Crippen LogP contribution in [0.1, 0.15) is 25.8 Å². The van der Waals surface area contributed by atoms with Crippen LogP contribution in [0, 0.1) is 11.3 Å². The van der Waals surface area contributed by atoms with Gasteiger partial charge >= 0.3 is 5.69 Å². The van der Waals surface area contributed by atoms with Gasteiger partial charge in [0.1, 0.15) is 5.82 Å². The molecule has 6 heteroatoms. The van der Waals surface area contributed by atoms with Crippen LogP contribution in [0.15, 0.2) is 23.0 Å². The average Bonchev–Trinajstić information content (AvgIpc) is 2.58. The molecule has 0 spiro atoms. The Labute approximate surface area is 135 Å². The molecule has 0 amide bonds. The predicted molar refractivity (Wildman–Crippen MR) is 90.6 cm³/mol. The summed E-state index contributed by atoms with van der Waals surface area (Å²) < 4.78 is 1.53. The van der Waals surface area contributed by atoms with Crippen LogP contribution in [-0.2, 0) is 7.05 Å². The number of aryl methyl sites for hydroxylation is 1. The predicted octanol–water partition coefficient (Wildman–Crippen LogP) is 1.38. The minimum atomic E-state index is -0.268. The first kappa shape index (κ1) is 15.5. The molecule has 0 radical (unpaired) electrons. The van der Waals surface area contributed by atoms with E-state index >= 15 is 0 Å². The molecule has 120 valence electrons. The summed E-state index contributed by atoms with van der Waals surface area (Å²) in [6.45, 7) is 5.94. The van der Waals surface area contributed by atoms with E-state index < -0.39 is 0 Å². The number of nitrogens with one attached hydrogen (secondary N) is 1. The number of fused-ring (bicyclic) bond motifs is 1. The van der Waals surface area contributed by atoms with E-state index in [2.05, 4.69) is 35.1 Å². The minimum Gasteiger partial charge on any atom is -0.350 e. The molecular weight excluding hydrogens is 290 g/mol. The van der Waals surface area contributed by atoms with Gasteiger partial charge in [0.15, 0.2) is 0 Å². The number of hydrogen-bond acceptors (Lipinski definition) is 5. The van der Waals surface area contributed by atoms with E-state index in [9.17, 15) is 10.1 Å². The Kier molecular flexibility index (Phi) is 4.05. The number of rotatable bonds is 2. The molecule has 2 aromatic rings. The van der Waals surface area contributed by atoms with E-state index in [0.29, 0.717) is 17.4 Å². The van der Waals surface area contributed by atoms with Crippen LogP contribution in [0.25, 0.3) is 10.9 Å². The van der Waals surface area contributed by atoms with Crippen molar-refractivity contribution in [2.75, 3.05) is 18.0 Å². The zero-order valence-electron chi connectivity index (χ0n) is 13.7. The normalized spacial score (nSPS) is 21.4. The highest BCUT2D eigenvalue weighted by Gasteiger charge is 2.27. The van der Waals surface area contributed by atoms with Crippen molar-refractivity contribution >= 4 is 16.7 Å². The molecule has 2 heterocycles. The summed E-state index contributed by atoms with van der Waals surface area (Å²) in [6.07, 6.45) is 1.02. The van der Waals surface area contributed by atoms with E-state index in [1.165, 1.54) is 4.57 Å². The summed E-state index contributed by atoms with van der Waals surface area (Å²) in [5.41, 5.74) is 1.11. The maximum atomic E-state index is 12.3. The molecule has 1 aliphatic heterocycles. The van der Waals surface area contributed by atoms with Crippen molar-refractivity contribution in [3.63, 3.8) is 0 Å². The second kappa shape index (κ2) is 6.01. The molecule has 23 heavy (non-hydrogen) atoms. The summed E-state index contributed by atoms with van der Waals surface area (Å²) in [5, 5.41) is 13.6. The summed E-state index contributed by atoms with van der Waals surface area (Å²) in [5.74, 6) is 0.688. The molecule has 2 atom stereocenters. The van der Waals surface area contributed by atoms with Crippen LogP contribution < -0.4 is 15.9 Å². The van der Waals surface area contributed by atoms with E-state index in [-0.39, 0.29) is 11.7 Å². The number of benzene rings is 1. The van der Waals surface area contributed by atoms with Gasteiger partial charge < -0.3 is 10.2 Å². The molecule has 1 N–H and O–H groups in total. The first-order valence-electron chi connectivity index (χ1n) is 7.96. The maximum Gasteiger partial charge on any atom is 0.349 e. The lowest BCUT2D eigenvalue weighted by molar-refractivity contribution is 0.396. The fourth-order valence-corrected chi connectivity index (χ4v) is 3.12. The fourth-order valence-electron chi connectivity index (χ4n) is 3.12. The molecular formula is C17H21N5O. The van der Waals surface area contributed by atoms with Gasteiger partial charge in [-0.25, -0.2) is 4.79 Å². The number of nitriles is 1. The molecule has 1 fully saturated rings. The number of nitrogens with zero attached hydrogens (tertiary/aromatic N) is 4. The maximum absolute atomic E-state index is 12.3. The van der Waals surface area contributed by atoms with E-state index in [1.807, 2.05) is 12.1 Å². The second-order valence-electron chi connectivity index (χ2n) is 6.14. The van der Waals surface area contributed by atoms with Crippen molar-refractivity contribution in [2.24, 2.45) is 7.05 Å². The van der Waals surface area contributed by atoms with Crippen molar-refractivity contribution in [3.8, 4) is 6.07 Å². The summed E-state index contributed by atoms with van der Waals surface area (Å²) in [4.78, 5) is 18.8. The molecule has 6 nitrogen and oxygen atoms in total. The SMILES string of the molecule is CC[C@@H]1CN(c2nc(=O)n(C)c3ccc(C#N)cc23)[C@@H](C)CN1. The zero-order valence-corrected chi connectivity index (χ0v) is 13.7. The Hall–Kier alpha value is -2.39. The van der Waals surface area contributed by atoms with Crippen molar-refractivity contribution in [1.29, 1.82) is 5.26 Å². The van der Waals surface area contributed by atoms with Gasteiger partial charge in [-0.2, -0.15) is 10.2 Å². The highest BCUT2D eigenvalue weighted by atomic mass is 16.1. The van der Waals surface area contributed by atoms with Crippen LogP contribution in [0.3, 0.4) is 0 Å². The Bertz CT molecular complexity index is 835. The topological polar surface area (TPSA) is 74.0 Å². The highest BCUT2D eigenvalue weighted by Crippen LogP contribution is 2.27. The van der Waals surface area contributed by atoms with Crippen molar-refractivity contribution in [1.82, 2.24) is 14.9 Å². The van der Waals surface area contributed by atoms with Gasteiger partial charge in [-0.05, 0) is 31.5 Å². The Morgan fingerprint density at radius 1 is 1.48 bits per heavy atom. The molecule has 0 aliphatic carbocycles. The van der Waals surface area contributed by atoms with Crippen LogP contribution in [-0.4, -0.2) is 34.7 Å².